The van der Waals surface area contributed by atoms with E-state index in [9.17, 15) is 0 Å². The van der Waals surface area contributed by atoms with E-state index in [0.29, 0.717) is 11.6 Å². The molecule has 3 nitrogen and oxygen atoms in total. The first-order valence-electron chi connectivity index (χ1n) is 4.24. The molecule has 0 radical (unpaired) electrons. The standard InChI is InChI=1S/C9H14BrN3/c1-6(2)4-12-9-8(11)3-7(10)5-13-9/h3,5-6H,4,11H2,1-2H3,(H,12,13). The molecule has 0 aliphatic carbocycles. The molecule has 1 heterocycles. The lowest BCUT2D eigenvalue weighted by molar-refractivity contribution is 0.687. The number of pyridine rings is 1. The molecule has 0 saturated heterocycles. The number of nitrogens with two attached hydrogens (primary N) is 1. The summed E-state index contributed by atoms with van der Waals surface area (Å²) in [4.78, 5) is 4.17. The summed E-state index contributed by atoms with van der Waals surface area (Å²) in [6, 6.07) is 1.84. The summed E-state index contributed by atoms with van der Waals surface area (Å²) in [6.45, 7) is 5.17. The van der Waals surface area contributed by atoms with E-state index in [4.69, 9.17) is 5.73 Å². The predicted octanol–water partition coefficient (Wildman–Crippen LogP) is 2.49. The van der Waals surface area contributed by atoms with Gasteiger partial charge < -0.3 is 11.1 Å². The van der Waals surface area contributed by atoms with Gasteiger partial charge in [-0.3, -0.25) is 0 Å². The van der Waals surface area contributed by atoms with E-state index in [-0.39, 0.29) is 0 Å². The molecule has 0 atom stereocenters. The number of hydrogen-bond acceptors (Lipinski definition) is 3. The Morgan fingerprint density at radius 2 is 2.31 bits per heavy atom. The van der Waals surface area contributed by atoms with Crippen molar-refractivity contribution in [1.82, 2.24) is 4.98 Å². The van der Waals surface area contributed by atoms with Gasteiger partial charge in [0.2, 0.25) is 0 Å². The van der Waals surface area contributed by atoms with Crippen LogP contribution in [0.3, 0.4) is 0 Å². The maximum atomic E-state index is 5.75. The smallest absolute Gasteiger partial charge is 0.149 e. The van der Waals surface area contributed by atoms with Crippen molar-refractivity contribution in [2.75, 3.05) is 17.6 Å². The summed E-state index contributed by atoms with van der Waals surface area (Å²) in [6.07, 6.45) is 1.74. The zero-order valence-corrected chi connectivity index (χ0v) is 9.43. The van der Waals surface area contributed by atoms with Crippen LogP contribution in [0.15, 0.2) is 16.7 Å². The summed E-state index contributed by atoms with van der Waals surface area (Å²) >= 11 is 3.31. The molecule has 0 bridgehead atoms. The van der Waals surface area contributed by atoms with E-state index in [1.165, 1.54) is 0 Å². The molecule has 0 aliphatic heterocycles. The van der Waals surface area contributed by atoms with E-state index in [2.05, 4.69) is 40.1 Å². The van der Waals surface area contributed by atoms with Gasteiger partial charge >= 0.3 is 0 Å². The van der Waals surface area contributed by atoms with Crippen LogP contribution in [-0.4, -0.2) is 11.5 Å². The Hall–Kier alpha value is -0.770. The number of nitrogens with zero attached hydrogens (tertiary/aromatic N) is 1. The van der Waals surface area contributed by atoms with Crippen LogP contribution in [0.5, 0.6) is 0 Å². The number of aromatic nitrogens is 1. The lowest BCUT2D eigenvalue weighted by atomic mass is 10.2. The lowest BCUT2D eigenvalue weighted by Crippen LogP contribution is -2.10. The van der Waals surface area contributed by atoms with Gasteiger partial charge in [-0.25, -0.2) is 4.98 Å². The Morgan fingerprint density at radius 3 is 2.85 bits per heavy atom. The minimum Gasteiger partial charge on any atom is -0.396 e. The third-order valence-electron chi connectivity index (χ3n) is 1.56. The van der Waals surface area contributed by atoms with Gasteiger partial charge in [-0.1, -0.05) is 13.8 Å². The molecular weight excluding hydrogens is 230 g/mol. The molecule has 0 saturated carbocycles. The fourth-order valence-electron chi connectivity index (χ4n) is 0.903. The van der Waals surface area contributed by atoms with Gasteiger partial charge in [0, 0.05) is 17.2 Å². The SMILES string of the molecule is CC(C)CNc1ncc(Br)cc1N. The average molecular weight is 244 g/mol. The monoisotopic (exact) mass is 243 g/mol. The number of nitrogens with one attached hydrogen (secondary N) is 1. The van der Waals surface area contributed by atoms with E-state index in [0.717, 1.165) is 16.8 Å². The van der Waals surface area contributed by atoms with E-state index in [1.807, 2.05) is 6.07 Å². The first-order chi connectivity index (χ1) is 6.09. The summed E-state index contributed by atoms with van der Waals surface area (Å²) in [5.74, 6) is 1.35. The molecule has 0 unspecified atom stereocenters. The minimum absolute atomic E-state index is 0.588. The van der Waals surface area contributed by atoms with Gasteiger partial charge in [0.05, 0.1) is 5.69 Å². The second-order valence-electron chi connectivity index (χ2n) is 3.37. The first-order valence-corrected chi connectivity index (χ1v) is 5.03. The fourth-order valence-corrected chi connectivity index (χ4v) is 1.25. The number of nitrogen functional groups attached to an aromatic ring is 1. The zero-order valence-electron chi connectivity index (χ0n) is 7.84. The number of hydrogen-bond donors (Lipinski definition) is 2. The van der Waals surface area contributed by atoms with Crippen molar-refractivity contribution >= 4 is 27.4 Å². The highest BCUT2D eigenvalue weighted by Crippen LogP contribution is 2.19. The number of halogens is 1. The predicted molar refractivity (Wildman–Crippen MR) is 59.7 cm³/mol. The third kappa shape index (κ3) is 3.22. The van der Waals surface area contributed by atoms with Crippen molar-refractivity contribution in [3.63, 3.8) is 0 Å². The maximum absolute atomic E-state index is 5.75. The molecule has 3 N–H and O–H groups in total. The summed E-state index contributed by atoms with van der Waals surface area (Å²) in [7, 11) is 0. The van der Waals surface area contributed by atoms with Crippen LogP contribution in [0, 0.1) is 5.92 Å². The van der Waals surface area contributed by atoms with Crippen molar-refractivity contribution in [1.29, 1.82) is 0 Å². The van der Waals surface area contributed by atoms with Crippen LogP contribution >= 0.6 is 15.9 Å². The third-order valence-corrected chi connectivity index (χ3v) is 2.00. The molecule has 1 aromatic heterocycles. The van der Waals surface area contributed by atoms with Crippen molar-refractivity contribution in [3.05, 3.63) is 16.7 Å². The van der Waals surface area contributed by atoms with Gasteiger partial charge in [0.1, 0.15) is 5.82 Å². The molecule has 0 fully saturated rings. The Kier molecular flexibility index (Phi) is 3.54. The highest BCUT2D eigenvalue weighted by Gasteiger charge is 2.01. The molecule has 4 heteroatoms. The minimum atomic E-state index is 0.588. The molecule has 1 aromatic rings. The molecular formula is C9H14BrN3. The van der Waals surface area contributed by atoms with Crippen LogP contribution in [0.2, 0.25) is 0 Å². The van der Waals surface area contributed by atoms with Gasteiger partial charge in [-0.2, -0.15) is 0 Å². The molecule has 0 aromatic carbocycles. The fraction of sp³-hybridized carbons (Fsp3) is 0.444. The summed E-state index contributed by atoms with van der Waals surface area (Å²) in [5.41, 5.74) is 6.43. The van der Waals surface area contributed by atoms with Crippen LogP contribution in [0.25, 0.3) is 0 Å². The normalized spacial score (nSPS) is 10.5. The molecule has 1 rings (SSSR count). The van der Waals surface area contributed by atoms with E-state index < -0.39 is 0 Å². The molecule has 72 valence electrons. The van der Waals surface area contributed by atoms with Crippen LogP contribution in [0.4, 0.5) is 11.5 Å². The highest BCUT2D eigenvalue weighted by atomic mass is 79.9. The largest absolute Gasteiger partial charge is 0.396 e. The highest BCUT2D eigenvalue weighted by molar-refractivity contribution is 9.10. The Balaban J connectivity index is 2.67. The van der Waals surface area contributed by atoms with Crippen molar-refractivity contribution < 1.29 is 0 Å². The number of anilines is 2. The second-order valence-corrected chi connectivity index (χ2v) is 4.28. The van der Waals surface area contributed by atoms with Crippen molar-refractivity contribution in [2.45, 2.75) is 13.8 Å². The summed E-state index contributed by atoms with van der Waals surface area (Å²) < 4.78 is 0.903. The quantitative estimate of drug-likeness (QED) is 0.858. The van der Waals surface area contributed by atoms with Gasteiger partial charge in [0.15, 0.2) is 0 Å². The van der Waals surface area contributed by atoms with E-state index in [1.54, 1.807) is 6.20 Å². The average Bonchev–Trinajstić information content (AvgIpc) is 2.02. The molecule has 13 heavy (non-hydrogen) atoms. The van der Waals surface area contributed by atoms with Crippen LogP contribution in [0.1, 0.15) is 13.8 Å². The van der Waals surface area contributed by atoms with Gasteiger partial charge in [-0.05, 0) is 27.9 Å². The summed E-state index contributed by atoms with van der Waals surface area (Å²) in [5, 5.41) is 3.18. The molecule has 0 spiro atoms. The first kappa shape index (κ1) is 10.3. The Labute approximate surface area is 86.9 Å². The van der Waals surface area contributed by atoms with Crippen molar-refractivity contribution in [3.8, 4) is 0 Å². The topological polar surface area (TPSA) is 50.9 Å². The second kappa shape index (κ2) is 4.46. The zero-order chi connectivity index (χ0) is 9.84. The molecule has 0 amide bonds. The molecule has 0 aliphatic rings. The van der Waals surface area contributed by atoms with Crippen LogP contribution in [-0.2, 0) is 0 Å². The van der Waals surface area contributed by atoms with Crippen molar-refractivity contribution in [2.24, 2.45) is 5.92 Å². The Morgan fingerprint density at radius 1 is 1.62 bits per heavy atom. The van der Waals surface area contributed by atoms with E-state index >= 15 is 0 Å². The van der Waals surface area contributed by atoms with Crippen LogP contribution < -0.4 is 11.1 Å². The van der Waals surface area contributed by atoms with Gasteiger partial charge in [-0.15, -0.1) is 0 Å². The van der Waals surface area contributed by atoms with Gasteiger partial charge in [0.25, 0.3) is 0 Å². The number of rotatable bonds is 3. The Bertz CT molecular complexity index is 286. The maximum Gasteiger partial charge on any atom is 0.149 e. The lowest BCUT2D eigenvalue weighted by Gasteiger charge is -2.09.